The fourth-order valence-electron chi connectivity index (χ4n) is 11.8. The molecule has 0 spiro atoms. The molecule has 0 fully saturated rings. The van der Waals surface area contributed by atoms with Crippen LogP contribution < -0.4 is 37.9 Å². The van der Waals surface area contributed by atoms with Gasteiger partial charge in [-0.2, -0.15) is 0 Å². The second-order valence-corrected chi connectivity index (χ2v) is 21.8. The minimum atomic E-state index is -1.29. The first-order chi connectivity index (χ1) is 41.1. The maximum atomic E-state index is 14.4. The van der Waals surface area contributed by atoms with E-state index < -0.39 is 36.1 Å². The van der Waals surface area contributed by atoms with Gasteiger partial charge in [0.25, 0.3) is 0 Å². The standard InChI is InChI=1S/C67H80N2O16/c1-68(30-28-48-38-58(78-7)60(80-9)40-50(48)52(68)34-44-24-26-54(74-3)56(36-44)76-5)42-62(84-64(70)46-20-14-11-15-21-46)66(72)82-32-18-13-19-33-83-67(73)63(85-65(71)47-22-16-12-17-23-47)43-69(2)31-29-49-39-59(79-8)61(81-10)41-51(49)53(69)35-45-25-27-55(75-4)57(37-45)77-6/h11-12,14-17,20-27,36-41,52-53,62-63H,13,18-19,28-35,42-43H2,1-10H3/q+2. The van der Waals surface area contributed by atoms with Crippen LogP contribution in [-0.2, 0) is 54.2 Å². The molecule has 452 valence electrons. The van der Waals surface area contributed by atoms with Crippen molar-refractivity contribution in [3.8, 4) is 46.0 Å². The number of carbonyl (C=O) groups excluding carboxylic acids is 4. The molecule has 6 unspecified atom stereocenters. The number of benzene rings is 6. The first-order valence-electron chi connectivity index (χ1n) is 28.6. The van der Waals surface area contributed by atoms with Crippen LogP contribution in [0.1, 0.15) is 85.4 Å². The van der Waals surface area contributed by atoms with E-state index in [2.05, 4.69) is 14.1 Å². The predicted molar refractivity (Wildman–Crippen MR) is 317 cm³/mol. The van der Waals surface area contributed by atoms with Gasteiger partial charge in [0, 0.05) is 36.8 Å². The molecule has 2 aliphatic heterocycles. The molecular formula is C67H80N2O16+2. The summed E-state index contributed by atoms with van der Waals surface area (Å²) in [6.07, 6.45) is 1.10. The molecule has 2 heterocycles. The quantitative estimate of drug-likeness (QED) is 0.0196. The molecule has 0 saturated carbocycles. The fourth-order valence-corrected chi connectivity index (χ4v) is 11.8. The lowest BCUT2D eigenvalue weighted by Gasteiger charge is -2.47. The van der Waals surface area contributed by atoms with Crippen molar-refractivity contribution < 1.29 is 85.0 Å². The van der Waals surface area contributed by atoms with Gasteiger partial charge in [0.1, 0.15) is 25.2 Å². The first kappa shape index (κ1) is 62.6. The normalized spacial score (nSPS) is 18.4. The van der Waals surface area contributed by atoms with E-state index in [1.807, 2.05) is 60.7 Å². The van der Waals surface area contributed by atoms with Crippen molar-refractivity contribution in [1.29, 1.82) is 0 Å². The van der Waals surface area contributed by atoms with E-state index in [1.54, 1.807) is 118 Å². The van der Waals surface area contributed by atoms with Crippen LogP contribution in [0.15, 0.2) is 121 Å². The minimum absolute atomic E-state index is 0.0114. The number of quaternary nitrogens is 2. The van der Waals surface area contributed by atoms with Gasteiger partial charge >= 0.3 is 23.9 Å². The van der Waals surface area contributed by atoms with E-state index in [0.29, 0.717) is 124 Å². The van der Waals surface area contributed by atoms with Gasteiger partial charge in [0.05, 0.1) is 108 Å². The highest BCUT2D eigenvalue weighted by molar-refractivity contribution is 5.92. The molecule has 0 bridgehead atoms. The number of carbonyl (C=O) groups is 4. The number of hydrogen-bond acceptors (Lipinski definition) is 16. The number of esters is 4. The molecule has 6 atom stereocenters. The maximum absolute atomic E-state index is 14.4. The summed E-state index contributed by atoms with van der Waals surface area (Å²) < 4.78 is 70.3. The van der Waals surface area contributed by atoms with Crippen molar-refractivity contribution >= 4 is 23.9 Å². The molecule has 0 aliphatic carbocycles. The van der Waals surface area contributed by atoms with Crippen molar-refractivity contribution in [2.75, 3.05) is 110 Å². The molecule has 0 saturated heterocycles. The molecule has 8 rings (SSSR count). The Labute approximate surface area is 498 Å². The summed E-state index contributed by atoms with van der Waals surface area (Å²) in [6, 6.07) is 36.2. The van der Waals surface area contributed by atoms with E-state index in [-0.39, 0.29) is 38.4 Å². The van der Waals surface area contributed by atoms with Gasteiger partial charge < -0.3 is 65.8 Å². The smallest absolute Gasteiger partial charge is 0.353 e. The van der Waals surface area contributed by atoms with Gasteiger partial charge in [0.2, 0.25) is 12.2 Å². The Morgan fingerprint density at radius 2 is 0.765 bits per heavy atom. The van der Waals surface area contributed by atoms with E-state index >= 15 is 0 Å². The molecule has 0 amide bonds. The Morgan fingerprint density at radius 1 is 0.424 bits per heavy atom. The molecule has 0 radical (unpaired) electrons. The SMILES string of the molecule is COc1ccc(CC2c3cc(OC)c(OC)cc3CC[N+]2(C)CC(OC(=O)c2ccccc2)C(=O)OCCCCCOC(=O)C(C[N+]2(C)CCc3cc(OC)c(OC)cc3C2Cc2ccc(OC)c(OC)c2)OC(=O)c2ccccc2)cc1OC. The van der Waals surface area contributed by atoms with Crippen molar-refractivity contribution in [1.82, 2.24) is 0 Å². The summed E-state index contributed by atoms with van der Waals surface area (Å²) in [5, 5.41) is 0. The van der Waals surface area contributed by atoms with Gasteiger partial charge in [-0.05, 0) is 114 Å². The third kappa shape index (κ3) is 14.9. The summed E-state index contributed by atoms with van der Waals surface area (Å²) in [4.78, 5) is 56.5. The topological polar surface area (TPSA) is 179 Å². The minimum Gasteiger partial charge on any atom is -0.493 e. The Kier molecular flexibility index (Phi) is 21.3. The van der Waals surface area contributed by atoms with Crippen LogP contribution in [0, 0.1) is 0 Å². The lowest BCUT2D eigenvalue weighted by Crippen LogP contribution is -2.57. The van der Waals surface area contributed by atoms with Gasteiger partial charge in [0.15, 0.2) is 46.0 Å². The van der Waals surface area contributed by atoms with Crippen LogP contribution in [0.25, 0.3) is 0 Å². The van der Waals surface area contributed by atoms with Crippen LogP contribution in [0.2, 0.25) is 0 Å². The predicted octanol–water partition coefficient (Wildman–Crippen LogP) is 9.74. The highest BCUT2D eigenvalue weighted by Crippen LogP contribution is 2.46. The van der Waals surface area contributed by atoms with Crippen LogP contribution in [0.4, 0.5) is 0 Å². The molecule has 6 aromatic carbocycles. The summed E-state index contributed by atoms with van der Waals surface area (Å²) in [5.41, 5.74) is 6.70. The van der Waals surface area contributed by atoms with Crippen LogP contribution in [-0.4, -0.2) is 155 Å². The highest BCUT2D eigenvalue weighted by Gasteiger charge is 2.47. The largest absolute Gasteiger partial charge is 0.493 e. The number of nitrogens with zero attached hydrogens (tertiary/aromatic N) is 2. The number of rotatable bonds is 28. The van der Waals surface area contributed by atoms with Gasteiger partial charge in [-0.15, -0.1) is 0 Å². The van der Waals surface area contributed by atoms with Gasteiger partial charge in [-0.1, -0.05) is 48.5 Å². The Hall–Kier alpha value is -8.48. The fraction of sp³-hybridized carbons (Fsp3) is 0.403. The number of likely N-dealkylation sites (N-methyl/N-ethyl adjacent to an activating group) is 2. The Morgan fingerprint density at radius 3 is 1.12 bits per heavy atom. The average molecular weight is 1170 g/mol. The van der Waals surface area contributed by atoms with Gasteiger partial charge in [-0.25, -0.2) is 19.2 Å². The highest BCUT2D eigenvalue weighted by atomic mass is 16.6. The summed E-state index contributed by atoms with van der Waals surface area (Å²) >= 11 is 0. The maximum Gasteiger partial charge on any atom is 0.353 e. The number of ether oxygens (including phenoxy) is 12. The van der Waals surface area contributed by atoms with E-state index in [0.717, 1.165) is 33.4 Å². The van der Waals surface area contributed by atoms with Crippen LogP contribution >= 0.6 is 0 Å². The molecule has 18 nitrogen and oxygen atoms in total. The van der Waals surface area contributed by atoms with Crippen molar-refractivity contribution in [3.63, 3.8) is 0 Å². The zero-order valence-corrected chi connectivity index (χ0v) is 50.5. The molecule has 0 N–H and O–H groups in total. The first-order valence-corrected chi connectivity index (χ1v) is 28.6. The Bertz CT molecular complexity index is 3050. The zero-order valence-electron chi connectivity index (χ0n) is 50.5. The van der Waals surface area contributed by atoms with E-state index in [1.165, 1.54) is 0 Å². The molecule has 6 aromatic rings. The number of hydrogen-bond donors (Lipinski definition) is 0. The molecule has 0 aromatic heterocycles. The molecular weight excluding hydrogens is 1090 g/mol. The number of fused-ring (bicyclic) bond motifs is 2. The second kappa shape index (κ2) is 28.9. The molecule has 18 heteroatoms. The monoisotopic (exact) mass is 1170 g/mol. The number of unbranched alkanes of at least 4 members (excludes halogenated alkanes) is 2. The lowest BCUT2D eigenvalue weighted by atomic mass is 9.86. The van der Waals surface area contributed by atoms with Crippen molar-refractivity contribution in [2.45, 2.75) is 69.2 Å². The molecule has 2 aliphatic rings. The van der Waals surface area contributed by atoms with Crippen LogP contribution in [0.5, 0.6) is 46.0 Å². The molecule has 85 heavy (non-hydrogen) atoms. The van der Waals surface area contributed by atoms with E-state index in [4.69, 9.17) is 56.8 Å². The second-order valence-electron chi connectivity index (χ2n) is 21.8. The van der Waals surface area contributed by atoms with Crippen molar-refractivity contribution in [2.24, 2.45) is 0 Å². The third-order valence-corrected chi connectivity index (χ3v) is 16.5. The van der Waals surface area contributed by atoms with Gasteiger partial charge in [-0.3, -0.25) is 0 Å². The third-order valence-electron chi connectivity index (χ3n) is 16.5. The summed E-state index contributed by atoms with van der Waals surface area (Å²) in [7, 11) is 16.9. The average Bonchev–Trinajstić information content (AvgIpc) is 2.78. The zero-order chi connectivity index (χ0) is 60.7. The lowest BCUT2D eigenvalue weighted by molar-refractivity contribution is -0.943. The summed E-state index contributed by atoms with van der Waals surface area (Å²) in [5.74, 6) is 2.06. The van der Waals surface area contributed by atoms with Crippen LogP contribution in [0.3, 0.4) is 0 Å². The number of methoxy groups -OCH3 is 8. The van der Waals surface area contributed by atoms with E-state index in [9.17, 15) is 19.2 Å². The Balaban J connectivity index is 0.968. The van der Waals surface area contributed by atoms with Crippen molar-refractivity contribution in [3.05, 3.63) is 166 Å². The summed E-state index contributed by atoms with van der Waals surface area (Å²) in [6.45, 7) is 1.40.